The van der Waals surface area contributed by atoms with Crippen molar-refractivity contribution in [3.8, 4) is 0 Å². The van der Waals surface area contributed by atoms with Gasteiger partial charge in [-0.1, -0.05) is 121 Å². The van der Waals surface area contributed by atoms with Gasteiger partial charge in [-0.05, 0) is 46.7 Å². The molecule has 1 atom stereocenters. The first-order chi connectivity index (χ1) is 25.2. The third kappa shape index (κ3) is 3.72. The van der Waals surface area contributed by atoms with Crippen LogP contribution in [0.2, 0.25) is 0 Å². The minimum atomic E-state index is 0.0490. The Kier molecular flexibility index (Phi) is 5.73. The lowest BCUT2D eigenvalue weighted by molar-refractivity contribution is 0.429. The van der Waals surface area contributed by atoms with Gasteiger partial charge in [-0.2, -0.15) is 0 Å². The van der Waals surface area contributed by atoms with Gasteiger partial charge in [-0.3, -0.25) is 4.57 Å². The lowest BCUT2D eigenvalue weighted by Crippen LogP contribution is -2.35. The van der Waals surface area contributed by atoms with E-state index in [4.69, 9.17) is 4.99 Å². The van der Waals surface area contributed by atoms with Crippen LogP contribution in [0.5, 0.6) is 0 Å². The standard InChI is InChI=1S/C45H27N3S3/c1-47-39-31-18-7-11-24-36(31)51-43(39)45(46-44(47)32-20-12-19-28-25-13-5-9-22-34(25)49-41(28)32)48-33-21-8-4-16-29(33)37-26-14-2-3-15-27(26)38-30-17-6-10-23-35(30)50-42(38)40(37)48/h2-24,39H,1H3. The summed E-state index contributed by atoms with van der Waals surface area (Å²) in [4.78, 5) is 10.8. The Morgan fingerprint density at radius 3 is 2.02 bits per heavy atom. The van der Waals surface area contributed by atoms with Gasteiger partial charge in [0.05, 0.1) is 26.7 Å². The first-order valence-electron chi connectivity index (χ1n) is 17.2. The van der Waals surface area contributed by atoms with Crippen LogP contribution < -0.4 is 0 Å². The fourth-order valence-electron chi connectivity index (χ4n) is 8.70. The van der Waals surface area contributed by atoms with E-state index in [9.17, 15) is 0 Å². The van der Waals surface area contributed by atoms with Crippen molar-refractivity contribution in [3.63, 3.8) is 0 Å². The Balaban J connectivity index is 1.26. The first kappa shape index (κ1) is 28.3. The van der Waals surface area contributed by atoms with Crippen molar-refractivity contribution in [2.45, 2.75) is 10.9 Å². The van der Waals surface area contributed by atoms with E-state index in [1.165, 1.54) is 93.9 Å². The highest BCUT2D eigenvalue weighted by molar-refractivity contribution is 8.03. The van der Waals surface area contributed by atoms with Crippen molar-refractivity contribution in [2.75, 3.05) is 7.05 Å². The number of nitrogens with zero attached hydrogens (tertiary/aromatic N) is 3. The van der Waals surface area contributed by atoms with Crippen LogP contribution in [-0.4, -0.2) is 22.4 Å². The van der Waals surface area contributed by atoms with Crippen molar-refractivity contribution in [1.29, 1.82) is 0 Å². The summed E-state index contributed by atoms with van der Waals surface area (Å²) in [5.74, 6) is 2.03. The SMILES string of the molecule is CN1C(c2cccc3c2sc2ccccc23)=NC(n2c3ccccc3c3c4ccccc4c4c5ccccc5sc4c32)=C2Sc3ccccc3C21. The summed E-state index contributed by atoms with van der Waals surface area (Å²) in [7, 11) is 2.23. The van der Waals surface area contributed by atoms with E-state index in [0.29, 0.717) is 0 Å². The maximum atomic E-state index is 5.84. The molecule has 2 aliphatic heterocycles. The van der Waals surface area contributed by atoms with Crippen LogP contribution in [0.1, 0.15) is 17.2 Å². The van der Waals surface area contributed by atoms with Gasteiger partial charge >= 0.3 is 0 Å². The average molecular weight is 706 g/mol. The molecular formula is C45H27N3S3. The van der Waals surface area contributed by atoms with E-state index in [0.717, 1.165) is 11.7 Å². The number of para-hydroxylation sites is 1. The van der Waals surface area contributed by atoms with E-state index < -0.39 is 0 Å². The predicted octanol–water partition coefficient (Wildman–Crippen LogP) is 13.0. The number of rotatable bonds is 2. The van der Waals surface area contributed by atoms with Crippen LogP contribution in [0.3, 0.4) is 0 Å². The third-order valence-electron chi connectivity index (χ3n) is 10.8. The van der Waals surface area contributed by atoms with E-state index in [2.05, 4.69) is 156 Å². The highest BCUT2D eigenvalue weighted by Gasteiger charge is 2.40. The molecule has 0 aliphatic carbocycles. The highest BCUT2D eigenvalue weighted by atomic mass is 32.2. The summed E-state index contributed by atoms with van der Waals surface area (Å²) < 4.78 is 7.73. The summed E-state index contributed by atoms with van der Waals surface area (Å²) in [6, 6.07) is 51.3. The molecule has 2 aliphatic rings. The summed E-state index contributed by atoms with van der Waals surface area (Å²) in [6.45, 7) is 0. The molecule has 0 N–H and O–H groups in total. The Hall–Kier alpha value is -5.40. The molecule has 12 rings (SSSR count). The number of thiophene rings is 2. The zero-order valence-corrected chi connectivity index (χ0v) is 29.9. The Morgan fingerprint density at radius 1 is 0.549 bits per heavy atom. The largest absolute Gasteiger partial charge is 0.347 e. The highest BCUT2D eigenvalue weighted by Crippen LogP contribution is 2.56. The van der Waals surface area contributed by atoms with Crippen molar-refractivity contribution in [2.24, 2.45) is 4.99 Å². The van der Waals surface area contributed by atoms with Crippen molar-refractivity contribution < 1.29 is 0 Å². The average Bonchev–Trinajstić information content (AvgIpc) is 3.94. The normalized spacial score (nSPS) is 16.1. The van der Waals surface area contributed by atoms with E-state index in [1.807, 2.05) is 34.4 Å². The first-order valence-corrected chi connectivity index (χ1v) is 19.7. The number of likely N-dealkylation sites (N-methyl/N-ethyl adjacent to an activating group) is 1. The zero-order valence-electron chi connectivity index (χ0n) is 27.4. The lowest BCUT2D eigenvalue weighted by Gasteiger charge is -2.34. The predicted molar refractivity (Wildman–Crippen MR) is 222 cm³/mol. The molecule has 0 saturated heterocycles. The second-order valence-electron chi connectivity index (χ2n) is 13.5. The number of aliphatic imine (C=N–C) groups is 1. The molecule has 51 heavy (non-hydrogen) atoms. The smallest absolute Gasteiger partial charge is 0.152 e. The number of amidine groups is 1. The Morgan fingerprint density at radius 2 is 1.18 bits per heavy atom. The van der Waals surface area contributed by atoms with Gasteiger partial charge in [0, 0.05) is 63.9 Å². The number of hydrogen-bond acceptors (Lipinski definition) is 5. The summed E-state index contributed by atoms with van der Waals surface area (Å²) in [5, 5.41) is 10.4. The maximum absolute atomic E-state index is 5.84. The van der Waals surface area contributed by atoms with E-state index >= 15 is 0 Å². The summed E-state index contributed by atoms with van der Waals surface area (Å²) in [5.41, 5.74) is 4.96. The van der Waals surface area contributed by atoms with Crippen LogP contribution in [-0.2, 0) is 0 Å². The molecule has 5 heterocycles. The fourth-order valence-corrected chi connectivity index (χ4v) is 12.5. The minimum absolute atomic E-state index is 0.0490. The summed E-state index contributed by atoms with van der Waals surface area (Å²) >= 11 is 5.66. The minimum Gasteiger partial charge on any atom is -0.347 e. The number of hydrogen-bond donors (Lipinski definition) is 0. The van der Waals surface area contributed by atoms with Gasteiger partial charge < -0.3 is 4.90 Å². The monoisotopic (exact) mass is 705 g/mol. The van der Waals surface area contributed by atoms with E-state index in [-0.39, 0.29) is 6.04 Å². The molecule has 0 amide bonds. The number of aromatic nitrogens is 1. The van der Waals surface area contributed by atoms with Crippen molar-refractivity contribution in [1.82, 2.24) is 9.47 Å². The summed E-state index contributed by atoms with van der Waals surface area (Å²) in [6.07, 6.45) is 0. The molecule has 7 aromatic carbocycles. The van der Waals surface area contributed by atoms with Gasteiger partial charge in [-0.25, -0.2) is 4.99 Å². The topological polar surface area (TPSA) is 20.5 Å². The molecule has 0 fully saturated rings. The van der Waals surface area contributed by atoms with Crippen molar-refractivity contribution in [3.05, 3.63) is 156 Å². The number of thioether (sulfide) groups is 1. The van der Waals surface area contributed by atoms with Crippen LogP contribution in [0.4, 0.5) is 0 Å². The molecule has 10 aromatic rings. The van der Waals surface area contributed by atoms with Crippen LogP contribution in [0.25, 0.3) is 78.7 Å². The second kappa shape index (κ2) is 10.3. The van der Waals surface area contributed by atoms with Gasteiger partial charge in [0.1, 0.15) is 5.84 Å². The Labute approximate surface area is 305 Å². The third-order valence-corrected chi connectivity index (χ3v) is 14.5. The van der Waals surface area contributed by atoms with Crippen molar-refractivity contribution >= 4 is 119 Å². The maximum Gasteiger partial charge on any atom is 0.152 e. The molecule has 240 valence electrons. The zero-order chi connectivity index (χ0) is 33.4. The van der Waals surface area contributed by atoms with Crippen LogP contribution >= 0.6 is 34.4 Å². The van der Waals surface area contributed by atoms with Gasteiger partial charge in [0.2, 0.25) is 0 Å². The molecular weight excluding hydrogens is 679 g/mol. The molecule has 0 bridgehead atoms. The molecule has 3 aromatic heterocycles. The van der Waals surface area contributed by atoms with Gasteiger partial charge in [-0.15, -0.1) is 22.7 Å². The lowest BCUT2D eigenvalue weighted by atomic mass is 9.99. The second-order valence-corrected chi connectivity index (χ2v) is 16.7. The molecule has 3 nitrogen and oxygen atoms in total. The number of fused-ring (bicyclic) bond motifs is 16. The quantitative estimate of drug-likeness (QED) is 0.178. The fraction of sp³-hybridized carbons (Fsp3) is 0.0444. The molecule has 0 radical (unpaired) electrons. The van der Waals surface area contributed by atoms with Crippen LogP contribution in [0, 0.1) is 0 Å². The molecule has 0 spiro atoms. The van der Waals surface area contributed by atoms with Gasteiger partial charge in [0.15, 0.2) is 5.82 Å². The Bertz CT molecular complexity index is 3210. The molecule has 6 heteroatoms. The van der Waals surface area contributed by atoms with Crippen LogP contribution in [0.15, 0.2) is 154 Å². The van der Waals surface area contributed by atoms with E-state index in [1.54, 1.807) is 0 Å². The molecule has 0 saturated carbocycles. The number of benzene rings is 7. The molecule has 1 unspecified atom stereocenters. The van der Waals surface area contributed by atoms with Gasteiger partial charge in [0.25, 0.3) is 0 Å².